The van der Waals surface area contributed by atoms with Crippen molar-refractivity contribution in [1.82, 2.24) is 4.31 Å². The van der Waals surface area contributed by atoms with E-state index in [0.29, 0.717) is 17.0 Å². The SMILES string of the molecule is COc1ccccc1CN(CC(=O)Nc1ccc(F)cc1)S(C)(=O)=O. The summed E-state index contributed by atoms with van der Waals surface area (Å²) < 4.78 is 43.2. The lowest BCUT2D eigenvalue weighted by Gasteiger charge is -2.20. The minimum absolute atomic E-state index is 0.000313. The zero-order valence-corrected chi connectivity index (χ0v) is 14.7. The van der Waals surface area contributed by atoms with Crippen molar-refractivity contribution in [2.45, 2.75) is 6.54 Å². The van der Waals surface area contributed by atoms with Gasteiger partial charge >= 0.3 is 0 Å². The van der Waals surface area contributed by atoms with E-state index in [2.05, 4.69) is 5.32 Å². The zero-order chi connectivity index (χ0) is 18.4. The van der Waals surface area contributed by atoms with Crippen LogP contribution >= 0.6 is 0 Å². The monoisotopic (exact) mass is 366 g/mol. The predicted molar refractivity (Wildman–Crippen MR) is 93.3 cm³/mol. The van der Waals surface area contributed by atoms with E-state index >= 15 is 0 Å². The van der Waals surface area contributed by atoms with Gasteiger partial charge < -0.3 is 10.1 Å². The highest BCUT2D eigenvalue weighted by Crippen LogP contribution is 2.20. The molecule has 0 aliphatic carbocycles. The Morgan fingerprint density at radius 3 is 2.40 bits per heavy atom. The van der Waals surface area contributed by atoms with Crippen LogP contribution in [0.25, 0.3) is 0 Å². The van der Waals surface area contributed by atoms with Crippen molar-refractivity contribution in [2.75, 3.05) is 25.2 Å². The number of carbonyl (C=O) groups is 1. The number of nitrogens with zero attached hydrogens (tertiary/aromatic N) is 1. The maximum absolute atomic E-state index is 12.9. The molecule has 2 aromatic carbocycles. The Hall–Kier alpha value is -2.45. The third-order valence-electron chi connectivity index (χ3n) is 3.46. The molecule has 2 aromatic rings. The number of para-hydroxylation sites is 1. The third-order valence-corrected chi connectivity index (χ3v) is 4.65. The van der Waals surface area contributed by atoms with Gasteiger partial charge in [-0.1, -0.05) is 18.2 Å². The first-order valence-corrected chi connectivity index (χ1v) is 9.27. The fraction of sp³-hybridized carbons (Fsp3) is 0.235. The molecule has 8 heteroatoms. The fourth-order valence-corrected chi connectivity index (χ4v) is 2.93. The summed E-state index contributed by atoms with van der Waals surface area (Å²) in [5.74, 6) is -0.408. The van der Waals surface area contributed by atoms with Crippen molar-refractivity contribution >= 4 is 21.6 Å². The molecule has 0 unspecified atom stereocenters. The van der Waals surface area contributed by atoms with Gasteiger partial charge in [-0.2, -0.15) is 4.31 Å². The van der Waals surface area contributed by atoms with E-state index in [1.54, 1.807) is 24.3 Å². The van der Waals surface area contributed by atoms with Crippen molar-refractivity contribution in [2.24, 2.45) is 0 Å². The molecule has 1 amide bonds. The number of methoxy groups -OCH3 is 1. The van der Waals surface area contributed by atoms with E-state index in [1.807, 2.05) is 0 Å². The summed E-state index contributed by atoms with van der Waals surface area (Å²) in [5.41, 5.74) is 1.03. The molecule has 0 bridgehead atoms. The van der Waals surface area contributed by atoms with Crippen LogP contribution in [-0.2, 0) is 21.4 Å². The van der Waals surface area contributed by atoms with Crippen LogP contribution in [0.1, 0.15) is 5.56 Å². The van der Waals surface area contributed by atoms with Crippen molar-refractivity contribution in [1.29, 1.82) is 0 Å². The van der Waals surface area contributed by atoms with Crippen LogP contribution < -0.4 is 10.1 Å². The predicted octanol–water partition coefficient (Wildman–Crippen LogP) is 2.23. The molecule has 1 N–H and O–H groups in total. The highest BCUT2D eigenvalue weighted by molar-refractivity contribution is 7.88. The maximum atomic E-state index is 12.9. The Morgan fingerprint density at radius 1 is 1.16 bits per heavy atom. The van der Waals surface area contributed by atoms with Crippen LogP contribution in [0.2, 0.25) is 0 Å². The number of amides is 1. The van der Waals surface area contributed by atoms with Crippen LogP contribution in [0.3, 0.4) is 0 Å². The first-order valence-electron chi connectivity index (χ1n) is 7.42. The van der Waals surface area contributed by atoms with E-state index in [4.69, 9.17) is 4.74 Å². The highest BCUT2D eigenvalue weighted by atomic mass is 32.2. The second kappa shape index (κ2) is 8.09. The van der Waals surface area contributed by atoms with Gasteiger partial charge in [0.05, 0.1) is 19.9 Å². The Kier molecular flexibility index (Phi) is 6.11. The minimum Gasteiger partial charge on any atom is -0.496 e. The smallest absolute Gasteiger partial charge is 0.239 e. The number of nitrogens with one attached hydrogen (secondary N) is 1. The van der Waals surface area contributed by atoms with Crippen molar-refractivity contribution in [3.05, 3.63) is 59.9 Å². The number of ether oxygens (including phenoxy) is 1. The number of rotatable bonds is 7. The van der Waals surface area contributed by atoms with Crippen LogP contribution in [-0.4, -0.2) is 38.5 Å². The average Bonchev–Trinajstić information content (AvgIpc) is 2.56. The Labute approximate surface area is 146 Å². The molecule has 0 spiro atoms. The molecule has 0 saturated carbocycles. The van der Waals surface area contributed by atoms with Gasteiger partial charge in [0.25, 0.3) is 0 Å². The second-order valence-electron chi connectivity index (χ2n) is 5.40. The normalized spacial score (nSPS) is 11.4. The highest BCUT2D eigenvalue weighted by Gasteiger charge is 2.22. The largest absolute Gasteiger partial charge is 0.496 e. The summed E-state index contributed by atoms with van der Waals surface area (Å²) in [4.78, 5) is 12.2. The molecule has 0 fully saturated rings. The Morgan fingerprint density at radius 2 is 1.80 bits per heavy atom. The molecule has 6 nitrogen and oxygen atoms in total. The lowest BCUT2D eigenvalue weighted by Crippen LogP contribution is -2.37. The standard InChI is InChI=1S/C17H19FN2O4S/c1-24-16-6-4-3-5-13(16)11-20(25(2,22)23)12-17(21)19-15-9-7-14(18)8-10-15/h3-10H,11-12H2,1-2H3,(H,19,21). The number of carbonyl (C=O) groups excluding carboxylic acids is 1. The summed E-state index contributed by atoms with van der Waals surface area (Å²) in [5, 5.41) is 2.54. The summed E-state index contributed by atoms with van der Waals surface area (Å²) in [7, 11) is -2.13. The van der Waals surface area contributed by atoms with Crippen LogP contribution in [0.5, 0.6) is 5.75 Å². The molecule has 0 saturated heterocycles. The lowest BCUT2D eigenvalue weighted by molar-refractivity contribution is -0.116. The molecule has 0 atom stereocenters. The van der Waals surface area contributed by atoms with E-state index in [-0.39, 0.29) is 13.1 Å². The van der Waals surface area contributed by atoms with Crippen LogP contribution in [0.4, 0.5) is 10.1 Å². The van der Waals surface area contributed by atoms with Crippen LogP contribution in [0.15, 0.2) is 48.5 Å². The van der Waals surface area contributed by atoms with Gasteiger partial charge in [-0.15, -0.1) is 0 Å². The molecule has 2 rings (SSSR count). The first kappa shape index (κ1) is 18.9. The molecular formula is C17H19FN2O4S. The molecule has 0 aliphatic heterocycles. The van der Waals surface area contributed by atoms with Crippen LogP contribution in [0, 0.1) is 5.82 Å². The average molecular weight is 366 g/mol. The quantitative estimate of drug-likeness (QED) is 0.815. The number of sulfonamides is 1. The Bertz CT molecular complexity index is 838. The lowest BCUT2D eigenvalue weighted by atomic mass is 10.2. The van der Waals surface area contributed by atoms with Gasteiger partial charge in [0.15, 0.2) is 0 Å². The molecule has 25 heavy (non-hydrogen) atoms. The van der Waals surface area contributed by atoms with E-state index in [1.165, 1.54) is 31.4 Å². The van der Waals surface area contributed by atoms with Gasteiger partial charge in [-0.3, -0.25) is 4.79 Å². The van der Waals surface area contributed by atoms with Gasteiger partial charge in [-0.25, -0.2) is 12.8 Å². The molecule has 0 heterocycles. The van der Waals surface area contributed by atoms with Crippen molar-refractivity contribution < 1.29 is 22.3 Å². The molecular weight excluding hydrogens is 347 g/mol. The molecule has 0 aliphatic rings. The Balaban J connectivity index is 2.12. The molecule has 134 valence electrons. The third kappa shape index (κ3) is 5.54. The van der Waals surface area contributed by atoms with E-state index in [9.17, 15) is 17.6 Å². The topological polar surface area (TPSA) is 75.7 Å². The minimum atomic E-state index is -3.63. The van der Waals surface area contributed by atoms with Gasteiger partial charge in [-0.05, 0) is 30.3 Å². The molecule has 0 aromatic heterocycles. The number of anilines is 1. The summed E-state index contributed by atoms with van der Waals surface area (Å²) in [6.07, 6.45) is 1.04. The summed E-state index contributed by atoms with van der Waals surface area (Å²) in [6, 6.07) is 12.2. The second-order valence-corrected chi connectivity index (χ2v) is 7.38. The van der Waals surface area contributed by atoms with Gasteiger partial charge in [0.2, 0.25) is 15.9 Å². The summed E-state index contributed by atoms with van der Waals surface area (Å²) >= 11 is 0. The number of benzene rings is 2. The zero-order valence-electron chi connectivity index (χ0n) is 13.9. The van der Waals surface area contributed by atoms with Gasteiger partial charge in [0, 0.05) is 17.8 Å². The number of hydrogen-bond acceptors (Lipinski definition) is 4. The van der Waals surface area contributed by atoms with Crippen molar-refractivity contribution in [3.8, 4) is 5.75 Å². The first-order chi connectivity index (χ1) is 11.8. The van der Waals surface area contributed by atoms with Crippen molar-refractivity contribution in [3.63, 3.8) is 0 Å². The number of hydrogen-bond donors (Lipinski definition) is 1. The fourth-order valence-electron chi connectivity index (χ4n) is 2.21. The summed E-state index contributed by atoms with van der Waals surface area (Å²) in [6.45, 7) is -0.367. The molecule has 0 radical (unpaired) electrons. The van der Waals surface area contributed by atoms with E-state index in [0.717, 1.165) is 10.6 Å². The van der Waals surface area contributed by atoms with E-state index < -0.39 is 21.7 Å². The maximum Gasteiger partial charge on any atom is 0.239 e. The number of halogens is 1. The van der Waals surface area contributed by atoms with Gasteiger partial charge in [0.1, 0.15) is 11.6 Å².